The number of carbonyl (C=O) groups excluding carboxylic acids is 2. The topological polar surface area (TPSA) is 99.2 Å². The molecule has 0 aromatic heterocycles. The number of amides is 2. The molecule has 1 aliphatic carbocycles. The SMILES string of the molecule is N#Cc1ccc(C(=O)N(CCCN)Cc2cccc(NC(=O)CCC3CCCC3)c2)cc1. The van der Waals surface area contributed by atoms with Crippen molar-refractivity contribution in [1.29, 1.82) is 5.26 Å². The van der Waals surface area contributed by atoms with E-state index < -0.39 is 0 Å². The molecule has 0 aliphatic heterocycles. The summed E-state index contributed by atoms with van der Waals surface area (Å²) in [5, 5.41) is 12.0. The summed E-state index contributed by atoms with van der Waals surface area (Å²) in [7, 11) is 0. The van der Waals surface area contributed by atoms with Gasteiger partial charge in [-0.2, -0.15) is 5.26 Å². The number of hydrogen-bond donors (Lipinski definition) is 2. The van der Waals surface area contributed by atoms with Gasteiger partial charge in [0.1, 0.15) is 0 Å². The van der Waals surface area contributed by atoms with Crippen molar-refractivity contribution >= 4 is 17.5 Å². The van der Waals surface area contributed by atoms with Crippen LogP contribution in [0, 0.1) is 17.2 Å². The van der Waals surface area contributed by atoms with Crippen LogP contribution in [0.2, 0.25) is 0 Å². The molecule has 32 heavy (non-hydrogen) atoms. The summed E-state index contributed by atoms with van der Waals surface area (Å²) in [6.07, 6.45) is 7.27. The maximum Gasteiger partial charge on any atom is 0.254 e. The van der Waals surface area contributed by atoms with Gasteiger partial charge in [-0.3, -0.25) is 9.59 Å². The summed E-state index contributed by atoms with van der Waals surface area (Å²) in [4.78, 5) is 27.2. The van der Waals surface area contributed by atoms with Gasteiger partial charge in [0.2, 0.25) is 5.91 Å². The van der Waals surface area contributed by atoms with Gasteiger partial charge in [0.05, 0.1) is 11.6 Å². The maximum absolute atomic E-state index is 13.1. The van der Waals surface area contributed by atoms with Gasteiger partial charge in [0.25, 0.3) is 5.91 Å². The van der Waals surface area contributed by atoms with Crippen molar-refractivity contribution in [1.82, 2.24) is 4.90 Å². The van der Waals surface area contributed by atoms with E-state index in [4.69, 9.17) is 11.0 Å². The number of nitrogens with one attached hydrogen (secondary N) is 1. The van der Waals surface area contributed by atoms with E-state index >= 15 is 0 Å². The third-order valence-electron chi connectivity index (χ3n) is 6.02. The third kappa shape index (κ3) is 6.93. The standard InChI is InChI=1S/C26H32N4O2/c27-15-4-16-30(26(32)23-12-9-21(18-28)10-13-23)19-22-7-3-8-24(17-22)29-25(31)14-11-20-5-1-2-6-20/h3,7-10,12-13,17,20H,1-2,4-6,11,14-16,19,27H2,(H,29,31). The van der Waals surface area contributed by atoms with Crippen LogP contribution in [0.15, 0.2) is 48.5 Å². The summed E-state index contributed by atoms with van der Waals surface area (Å²) in [6.45, 7) is 1.45. The van der Waals surface area contributed by atoms with E-state index in [1.54, 1.807) is 29.2 Å². The minimum atomic E-state index is -0.103. The molecule has 1 fully saturated rings. The first-order valence-corrected chi connectivity index (χ1v) is 11.5. The number of nitrogens with zero attached hydrogens (tertiary/aromatic N) is 2. The van der Waals surface area contributed by atoms with Gasteiger partial charge in [0, 0.05) is 30.8 Å². The minimum absolute atomic E-state index is 0.0442. The fourth-order valence-corrected chi connectivity index (χ4v) is 4.23. The zero-order valence-electron chi connectivity index (χ0n) is 18.6. The molecule has 3 N–H and O–H groups in total. The number of hydrogen-bond acceptors (Lipinski definition) is 4. The molecule has 0 unspecified atom stereocenters. The van der Waals surface area contributed by atoms with Crippen LogP contribution in [0.25, 0.3) is 0 Å². The van der Waals surface area contributed by atoms with Crippen LogP contribution in [-0.2, 0) is 11.3 Å². The van der Waals surface area contributed by atoms with E-state index in [2.05, 4.69) is 11.4 Å². The van der Waals surface area contributed by atoms with Crippen LogP contribution in [-0.4, -0.2) is 29.8 Å². The van der Waals surface area contributed by atoms with Gasteiger partial charge in [-0.1, -0.05) is 37.8 Å². The lowest BCUT2D eigenvalue weighted by atomic mass is 10.0. The molecule has 1 aliphatic rings. The average Bonchev–Trinajstić information content (AvgIpc) is 3.34. The third-order valence-corrected chi connectivity index (χ3v) is 6.02. The number of anilines is 1. The first-order valence-electron chi connectivity index (χ1n) is 11.5. The highest BCUT2D eigenvalue weighted by atomic mass is 16.2. The smallest absolute Gasteiger partial charge is 0.254 e. The van der Waals surface area contributed by atoms with Crippen LogP contribution in [0.4, 0.5) is 5.69 Å². The van der Waals surface area contributed by atoms with Crippen molar-refractivity contribution in [2.75, 3.05) is 18.4 Å². The number of nitrogens with two attached hydrogens (primary N) is 1. The van der Waals surface area contributed by atoms with Crippen LogP contribution in [0.5, 0.6) is 0 Å². The quantitative estimate of drug-likeness (QED) is 0.579. The zero-order valence-corrected chi connectivity index (χ0v) is 18.6. The monoisotopic (exact) mass is 432 g/mol. The van der Waals surface area contributed by atoms with E-state index in [0.717, 1.165) is 17.7 Å². The normalized spacial score (nSPS) is 13.5. The zero-order chi connectivity index (χ0) is 22.8. The summed E-state index contributed by atoms with van der Waals surface area (Å²) >= 11 is 0. The Bertz CT molecular complexity index is 943. The second kappa shape index (κ2) is 12.0. The van der Waals surface area contributed by atoms with Gasteiger partial charge in [-0.25, -0.2) is 0 Å². The average molecular weight is 433 g/mol. The number of nitriles is 1. The fraction of sp³-hybridized carbons (Fsp3) is 0.423. The predicted molar refractivity (Wildman–Crippen MR) is 126 cm³/mol. The molecular weight excluding hydrogens is 400 g/mol. The van der Waals surface area contributed by atoms with Gasteiger partial charge >= 0.3 is 0 Å². The summed E-state index contributed by atoms with van der Waals surface area (Å²) in [6, 6.07) is 16.4. The van der Waals surface area contributed by atoms with Crippen molar-refractivity contribution in [3.63, 3.8) is 0 Å². The molecule has 6 heteroatoms. The van der Waals surface area contributed by atoms with Crippen LogP contribution in [0.1, 0.15) is 66.4 Å². The molecule has 2 aromatic carbocycles. The molecular formula is C26H32N4O2. The van der Waals surface area contributed by atoms with Gasteiger partial charge < -0.3 is 16.0 Å². The van der Waals surface area contributed by atoms with Crippen molar-refractivity contribution < 1.29 is 9.59 Å². The first kappa shape index (κ1) is 23.5. The van der Waals surface area contributed by atoms with Crippen molar-refractivity contribution in [3.05, 3.63) is 65.2 Å². The van der Waals surface area contributed by atoms with E-state index in [1.165, 1.54) is 25.7 Å². The molecule has 2 amide bonds. The molecule has 2 aromatic rings. The van der Waals surface area contributed by atoms with Crippen LogP contribution < -0.4 is 11.1 Å². The highest BCUT2D eigenvalue weighted by Gasteiger charge is 2.18. The summed E-state index contributed by atoms with van der Waals surface area (Å²) in [5.41, 5.74) is 8.43. The van der Waals surface area contributed by atoms with Gasteiger partial charge in [0.15, 0.2) is 0 Å². The molecule has 0 heterocycles. The molecule has 0 spiro atoms. The second-order valence-corrected chi connectivity index (χ2v) is 8.50. The number of benzene rings is 2. The van der Waals surface area contributed by atoms with Crippen molar-refractivity contribution in [3.8, 4) is 6.07 Å². The lowest BCUT2D eigenvalue weighted by molar-refractivity contribution is -0.116. The number of carbonyl (C=O) groups is 2. The Morgan fingerprint density at radius 2 is 1.88 bits per heavy atom. The van der Waals surface area contributed by atoms with Gasteiger partial charge in [-0.05, 0) is 67.3 Å². The molecule has 1 saturated carbocycles. The highest BCUT2D eigenvalue weighted by molar-refractivity contribution is 5.94. The van der Waals surface area contributed by atoms with E-state index in [9.17, 15) is 9.59 Å². The second-order valence-electron chi connectivity index (χ2n) is 8.50. The molecule has 3 rings (SSSR count). The molecule has 6 nitrogen and oxygen atoms in total. The lowest BCUT2D eigenvalue weighted by Gasteiger charge is -2.23. The van der Waals surface area contributed by atoms with Crippen LogP contribution in [0.3, 0.4) is 0 Å². The highest BCUT2D eigenvalue weighted by Crippen LogP contribution is 2.28. The Kier molecular flexibility index (Phi) is 8.82. The molecule has 0 radical (unpaired) electrons. The molecule has 0 saturated heterocycles. The predicted octanol–water partition coefficient (Wildman–Crippen LogP) is 4.46. The molecule has 168 valence electrons. The fourth-order valence-electron chi connectivity index (χ4n) is 4.23. The van der Waals surface area contributed by atoms with E-state index in [1.807, 2.05) is 24.3 Å². The van der Waals surface area contributed by atoms with E-state index in [-0.39, 0.29) is 11.8 Å². The van der Waals surface area contributed by atoms with Gasteiger partial charge in [-0.15, -0.1) is 0 Å². The Labute approximate surface area is 190 Å². The lowest BCUT2D eigenvalue weighted by Crippen LogP contribution is -2.32. The van der Waals surface area contributed by atoms with Crippen molar-refractivity contribution in [2.45, 2.75) is 51.5 Å². The Balaban J connectivity index is 1.63. The largest absolute Gasteiger partial charge is 0.334 e. The van der Waals surface area contributed by atoms with E-state index in [0.29, 0.717) is 49.5 Å². The van der Waals surface area contributed by atoms with Crippen LogP contribution >= 0.6 is 0 Å². The minimum Gasteiger partial charge on any atom is -0.334 e. The summed E-state index contributed by atoms with van der Waals surface area (Å²) in [5.74, 6) is 0.632. The van der Waals surface area contributed by atoms with Crippen molar-refractivity contribution in [2.24, 2.45) is 11.7 Å². The number of rotatable bonds is 10. The maximum atomic E-state index is 13.1. The summed E-state index contributed by atoms with van der Waals surface area (Å²) < 4.78 is 0. The Morgan fingerprint density at radius 1 is 1.12 bits per heavy atom. The molecule has 0 atom stereocenters. The first-order chi connectivity index (χ1) is 15.6. The molecule has 0 bridgehead atoms. The Morgan fingerprint density at radius 3 is 2.56 bits per heavy atom. The Hall–Kier alpha value is -3.17.